The van der Waals surface area contributed by atoms with Gasteiger partial charge in [-0.3, -0.25) is 5.10 Å². The molecule has 3 aromatic rings. The van der Waals surface area contributed by atoms with Crippen molar-refractivity contribution in [2.45, 2.75) is 0 Å². The summed E-state index contributed by atoms with van der Waals surface area (Å²) in [6.45, 7) is 0. The van der Waals surface area contributed by atoms with E-state index in [-0.39, 0.29) is 0 Å². The van der Waals surface area contributed by atoms with Crippen LogP contribution in [0.15, 0.2) is 31.2 Å². The molecule has 0 atom stereocenters. The molecule has 0 saturated carbocycles. The fourth-order valence-electron chi connectivity index (χ4n) is 1.27. The SMILES string of the molecule is c1cn(-c2[nH]ncc2-n2cncn2)nn1. The Kier molecular flexibility index (Phi) is 1.58. The second kappa shape index (κ2) is 3.01. The molecule has 0 aromatic carbocycles. The molecule has 3 rings (SSSR count). The maximum atomic E-state index is 4.01. The summed E-state index contributed by atoms with van der Waals surface area (Å²) in [5.41, 5.74) is 0.762. The minimum Gasteiger partial charge on any atom is -0.259 e. The van der Waals surface area contributed by atoms with Gasteiger partial charge in [0.2, 0.25) is 0 Å². The van der Waals surface area contributed by atoms with Gasteiger partial charge in [0.05, 0.1) is 18.6 Å². The van der Waals surface area contributed by atoms with Gasteiger partial charge in [0.15, 0.2) is 5.82 Å². The van der Waals surface area contributed by atoms with Gasteiger partial charge >= 0.3 is 0 Å². The van der Waals surface area contributed by atoms with Crippen molar-refractivity contribution in [1.29, 1.82) is 0 Å². The molecule has 0 aliphatic carbocycles. The molecule has 3 aromatic heterocycles. The lowest BCUT2D eigenvalue weighted by atomic mass is 10.5. The second-order valence-electron chi connectivity index (χ2n) is 2.79. The normalized spacial score (nSPS) is 10.7. The predicted molar refractivity (Wildman–Crippen MR) is 48.4 cm³/mol. The number of hydrogen-bond acceptors (Lipinski definition) is 5. The molecule has 0 aliphatic rings. The zero-order valence-electron chi connectivity index (χ0n) is 7.52. The highest BCUT2D eigenvalue weighted by Crippen LogP contribution is 2.12. The molecule has 8 nitrogen and oxygen atoms in total. The van der Waals surface area contributed by atoms with E-state index in [1.807, 2.05) is 0 Å². The van der Waals surface area contributed by atoms with Gasteiger partial charge in [-0.2, -0.15) is 10.2 Å². The van der Waals surface area contributed by atoms with E-state index in [4.69, 9.17) is 0 Å². The fourth-order valence-corrected chi connectivity index (χ4v) is 1.27. The Labute approximate surface area is 83.6 Å². The van der Waals surface area contributed by atoms with Gasteiger partial charge in [0.1, 0.15) is 18.3 Å². The van der Waals surface area contributed by atoms with E-state index in [9.17, 15) is 0 Å². The van der Waals surface area contributed by atoms with E-state index in [1.165, 1.54) is 6.33 Å². The minimum absolute atomic E-state index is 0.693. The summed E-state index contributed by atoms with van der Waals surface area (Å²) in [4.78, 5) is 3.87. The lowest BCUT2D eigenvalue weighted by Gasteiger charge is -2.00. The van der Waals surface area contributed by atoms with Crippen LogP contribution in [0.1, 0.15) is 0 Å². The number of aromatic nitrogens is 8. The summed E-state index contributed by atoms with van der Waals surface area (Å²) < 4.78 is 3.17. The minimum atomic E-state index is 0.693. The van der Waals surface area contributed by atoms with Crippen LogP contribution in [0, 0.1) is 0 Å². The molecule has 74 valence electrons. The van der Waals surface area contributed by atoms with Crippen LogP contribution in [0.5, 0.6) is 0 Å². The number of rotatable bonds is 2. The van der Waals surface area contributed by atoms with Crippen molar-refractivity contribution in [3.8, 4) is 11.5 Å². The number of nitrogens with one attached hydrogen (secondary N) is 1. The molecule has 3 heterocycles. The van der Waals surface area contributed by atoms with Crippen molar-refractivity contribution in [1.82, 2.24) is 40.0 Å². The Morgan fingerprint density at radius 3 is 3.00 bits per heavy atom. The third-order valence-electron chi connectivity index (χ3n) is 1.92. The third-order valence-corrected chi connectivity index (χ3v) is 1.92. The molecule has 0 radical (unpaired) electrons. The van der Waals surface area contributed by atoms with Gasteiger partial charge in [0, 0.05) is 0 Å². The van der Waals surface area contributed by atoms with Gasteiger partial charge in [-0.15, -0.1) is 5.10 Å². The average molecular weight is 202 g/mol. The molecule has 0 aliphatic heterocycles. The second-order valence-corrected chi connectivity index (χ2v) is 2.79. The molecule has 0 unspecified atom stereocenters. The van der Waals surface area contributed by atoms with Crippen molar-refractivity contribution in [2.24, 2.45) is 0 Å². The van der Waals surface area contributed by atoms with Crippen molar-refractivity contribution in [2.75, 3.05) is 0 Å². The molecule has 0 bridgehead atoms. The number of aromatic amines is 1. The van der Waals surface area contributed by atoms with Crippen LogP contribution in [0.4, 0.5) is 0 Å². The first-order valence-corrected chi connectivity index (χ1v) is 4.20. The fraction of sp³-hybridized carbons (Fsp3) is 0. The van der Waals surface area contributed by atoms with Gasteiger partial charge in [-0.25, -0.2) is 14.3 Å². The Balaban J connectivity index is 2.15. The van der Waals surface area contributed by atoms with E-state index >= 15 is 0 Å². The first-order chi connectivity index (χ1) is 7.45. The Morgan fingerprint density at radius 2 is 2.27 bits per heavy atom. The van der Waals surface area contributed by atoms with Crippen LogP contribution in [-0.2, 0) is 0 Å². The number of hydrogen-bond donors (Lipinski definition) is 1. The van der Waals surface area contributed by atoms with Crippen LogP contribution >= 0.6 is 0 Å². The summed E-state index contributed by atoms with van der Waals surface area (Å²) >= 11 is 0. The summed E-state index contributed by atoms with van der Waals surface area (Å²) in [5, 5.41) is 18.3. The lowest BCUT2D eigenvalue weighted by molar-refractivity contribution is 0.761. The van der Waals surface area contributed by atoms with Gasteiger partial charge in [-0.05, 0) is 0 Å². The van der Waals surface area contributed by atoms with Crippen LogP contribution in [0.2, 0.25) is 0 Å². The molecule has 0 saturated heterocycles. The van der Waals surface area contributed by atoms with Crippen molar-refractivity contribution in [3.05, 3.63) is 31.2 Å². The molecule has 0 amide bonds. The Hall–Kier alpha value is -2.51. The monoisotopic (exact) mass is 202 g/mol. The van der Waals surface area contributed by atoms with E-state index in [2.05, 4.69) is 30.6 Å². The summed E-state index contributed by atoms with van der Waals surface area (Å²) in [7, 11) is 0. The van der Waals surface area contributed by atoms with Gasteiger partial charge in [-0.1, -0.05) is 5.21 Å². The van der Waals surface area contributed by atoms with Crippen LogP contribution in [0.3, 0.4) is 0 Å². The molecular formula is C7H6N8. The first-order valence-electron chi connectivity index (χ1n) is 4.20. The molecular weight excluding hydrogens is 196 g/mol. The predicted octanol–water partition coefficient (Wildman–Crippen LogP) is -0.429. The maximum absolute atomic E-state index is 4.01. The summed E-state index contributed by atoms with van der Waals surface area (Å²) in [5.74, 6) is 0.693. The zero-order valence-corrected chi connectivity index (χ0v) is 7.52. The van der Waals surface area contributed by atoms with E-state index in [0.717, 1.165) is 5.69 Å². The smallest absolute Gasteiger partial charge is 0.177 e. The number of H-pyrrole nitrogens is 1. The highest BCUT2D eigenvalue weighted by molar-refractivity contribution is 5.43. The van der Waals surface area contributed by atoms with E-state index < -0.39 is 0 Å². The van der Waals surface area contributed by atoms with E-state index in [0.29, 0.717) is 5.82 Å². The highest BCUT2D eigenvalue weighted by atomic mass is 15.5. The Bertz CT molecular complexity index is 485. The Morgan fingerprint density at radius 1 is 1.27 bits per heavy atom. The molecule has 0 fully saturated rings. The maximum Gasteiger partial charge on any atom is 0.177 e. The van der Waals surface area contributed by atoms with Crippen molar-refractivity contribution >= 4 is 0 Å². The summed E-state index contributed by atoms with van der Waals surface area (Å²) in [6, 6.07) is 0. The third kappa shape index (κ3) is 1.19. The first kappa shape index (κ1) is 7.85. The quantitative estimate of drug-likeness (QED) is 0.609. The number of nitrogens with zero attached hydrogens (tertiary/aromatic N) is 7. The molecule has 15 heavy (non-hydrogen) atoms. The largest absolute Gasteiger partial charge is 0.259 e. The van der Waals surface area contributed by atoms with Crippen LogP contribution in [0.25, 0.3) is 11.5 Å². The van der Waals surface area contributed by atoms with Crippen LogP contribution in [-0.4, -0.2) is 40.0 Å². The standard InChI is InChI=1S/C7H6N8/c1-2-14(13-9-1)7-6(3-10-12-7)15-5-8-4-11-15/h1-5H,(H,10,12). The average Bonchev–Trinajstić information content (AvgIpc) is 3.01. The van der Waals surface area contributed by atoms with Gasteiger partial charge < -0.3 is 0 Å². The molecule has 0 spiro atoms. The zero-order chi connectivity index (χ0) is 10.1. The van der Waals surface area contributed by atoms with Crippen molar-refractivity contribution in [3.63, 3.8) is 0 Å². The van der Waals surface area contributed by atoms with Gasteiger partial charge in [0.25, 0.3) is 0 Å². The van der Waals surface area contributed by atoms with Crippen LogP contribution < -0.4 is 0 Å². The highest BCUT2D eigenvalue weighted by Gasteiger charge is 2.09. The molecule has 1 N–H and O–H groups in total. The summed E-state index contributed by atoms with van der Waals surface area (Å²) in [6.07, 6.45) is 8.00. The van der Waals surface area contributed by atoms with Crippen molar-refractivity contribution < 1.29 is 0 Å². The van der Waals surface area contributed by atoms with E-state index in [1.54, 1.807) is 34.3 Å². The lowest BCUT2D eigenvalue weighted by Crippen LogP contribution is -2.02. The topological polar surface area (TPSA) is 90.1 Å². The molecule has 8 heteroatoms.